The van der Waals surface area contributed by atoms with E-state index in [-0.39, 0.29) is 5.41 Å². The zero-order chi connectivity index (χ0) is 42.6. The van der Waals surface area contributed by atoms with Crippen molar-refractivity contribution in [3.8, 4) is 33.4 Å². The summed E-state index contributed by atoms with van der Waals surface area (Å²) in [5, 5.41) is 4.62. The van der Waals surface area contributed by atoms with Crippen molar-refractivity contribution in [2.24, 2.45) is 0 Å². The van der Waals surface area contributed by atoms with E-state index in [2.05, 4.69) is 243 Å². The van der Waals surface area contributed by atoms with Crippen molar-refractivity contribution in [1.29, 1.82) is 0 Å². The second kappa shape index (κ2) is 13.8. The maximum absolute atomic E-state index is 6.52. The third-order valence-corrected chi connectivity index (χ3v) is 14.3. The molecule has 0 N–H and O–H groups in total. The molecule has 11 aromatic rings. The van der Waals surface area contributed by atoms with Crippen LogP contribution in [0.2, 0.25) is 0 Å². The molecule has 0 bridgehead atoms. The van der Waals surface area contributed by atoms with Gasteiger partial charge in [-0.2, -0.15) is 0 Å². The highest BCUT2D eigenvalue weighted by Crippen LogP contribution is 2.59. The van der Waals surface area contributed by atoms with Crippen LogP contribution in [0, 0.1) is 0 Å². The van der Waals surface area contributed by atoms with Crippen LogP contribution in [-0.4, -0.2) is 0 Å². The predicted octanol–water partition coefficient (Wildman–Crippen LogP) is 16.5. The summed E-state index contributed by atoms with van der Waals surface area (Å²) < 4.78 is 6.52. The van der Waals surface area contributed by atoms with E-state index < -0.39 is 5.41 Å². The molecule has 0 amide bonds. The molecule has 302 valence electrons. The minimum Gasteiger partial charge on any atom is -0.456 e. The van der Waals surface area contributed by atoms with Gasteiger partial charge in [0.1, 0.15) is 11.2 Å². The van der Waals surface area contributed by atoms with Crippen LogP contribution in [0.15, 0.2) is 229 Å². The van der Waals surface area contributed by atoms with E-state index in [0.29, 0.717) is 0 Å². The Hall–Kier alpha value is -7.94. The second-order valence-electron chi connectivity index (χ2n) is 18.0. The third kappa shape index (κ3) is 5.14. The molecule has 0 unspecified atom stereocenters. The Kier molecular flexibility index (Phi) is 7.90. The van der Waals surface area contributed by atoms with Crippen molar-refractivity contribution in [2.45, 2.75) is 24.7 Å². The highest BCUT2D eigenvalue weighted by molar-refractivity contribution is 6.11. The molecule has 13 rings (SSSR count). The topological polar surface area (TPSA) is 16.4 Å². The van der Waals surface area contributed by atoms with Gasteiger partial charge in [-0.15, -0.1) is 0 Å². The first kappa shape index (κ1) is 36.7. The quantitative estimate of drug-likeness (QED) is 0.166. The van der Waals surface area contributed by atoms with Gasteiger partial charge < -0.3 is 9.32 Å². The molecule has 1 aromatic heterocycles. The Morgan fingerprint density at radius 2 is 0.938 bits per heavy atom. The molecule has 2 aliphatic rings. The summed E-state index contributed by atoms with van der Waals surface area (Å²) in [6.45, 7) is 4.78. The molecular weight excluding hydrogens is 775 g/mol. The van der Waals surface area contributed by atoms with Gasteiger partial charge in [-0.05, 0) is 121 Å². The van der Waals surface area contributed by atoms with Gasteiger partial charge in [0.05, 0.1) is 16.8 Å². The number of furan rings is 1. The highest BCUT2D eigenvalue weighted by atomic mass is 16.3. The average molecular weight is 818 g/mol. The lowest BCUT2D eigenvalue weighted by atomic mass is 9.67. The molecule has 1 heterocycles. The summed E-state index contributed by atoms with van der Waals surface area (Å²) >= 11 is 0. The molecule has 0 saturated carbocycles. The molecule has 0 saturated heterocycles. The van der Waals surface area contributed by atoms with Crippen molar-refractivity contribution in [1.82, 2.24) is 0 Å². The Bertz CT molecular complexity index is 3610. The SMILES string of the molecule is CC1(C)c2ccccc2-c2cccc(N(c3ccc4c(c3)C(c3ccccc3)(c3ccccc3)c3ccccc3-4)c3ccccc3-c3ccc4oc5cc6ccccc6cc5c4c3)c21. The van der Waals surface area contributed by atoms with E-state index in [1.807, 2.05) is 0 Å². The Morgan fingerprint density at radius 3 is 1.69 bits per heavy atom. The largest absolute Gasteiger partial charge is 0.456 e. The summed E-state index contributed by atoms with van der Waals surface area (Å²) in [6.07, 6.45) is 0. The number of hydrogen-bond acceptors (Lipinski definition) is 2. The maximum Gasteiger partial charge on any atom is 0.136 e. The molecular formula is C62H43NO. The lowest BCUT2D eigenvalue weighted by molar-refractivity contribution is 0.661. The Labute approximate surface area is 373 Å². The number of nitrogens with zero attached hydrogens (tertiary/aromatic N) is 1. The predicted molar refractivity (Wildman–Crippen MR) is 266 cm³/mol. The molecule has 2 nitrogen and oxygen atoms in total. The van der Waals surface area contributed by atoms with E-state index >= 15 is 0 Å². The van der Waals surface area contributed by atoms with Crippen molar-refractivity contribution in [3.05, 3.63) is 258 Å². The first-order valence-electron chi connectivity index (χ1n) is 22.3. The van der Waals surface area contributed by atoms with Crippen LogP contribution in [0.1, 0.15) is 47.2 Å². The van der Waals surface area contributed by atoms with Crippen LogP contribution in [0.5, 0.6) is 0 Å². The van der Waals surface area contributed by atoms with E-state index in [9.17, 15) is 0 Å². The van der Waals surface area contributed by atoms with Crippen molar-refractivity contribution < 1.29 is 4.42 Å². The number of rotatable bonds is 6. The van der Waals surface area contributed by atoms with Gasteiger partial charge in [0.15, 0.2) is 0 Å². The zero-order valence-electron chi connectivity index (χ0n) is 35.7. The van der Waals surface area contributed by atoms with Gasteiger partial charge >= 0.3 is 0 Å². The van der Waals surface area contributed by atoms with E-state index in [4.69, 9.17) is 4.42 Å². The molecule has 0 spiro atoms. The monoisotopic (exact) mass is 817 g/mol. The number of para-hydroxylation sites is 1. The fourth-order valence-corrected chi connectivity index (χ4v) is 11.5. The molecule has 2 aliphatic carbocycles. The first-order chi connectivity index (χ1) is 31.5. The fourth-order valence-electron chi connectivity index (χ4n) is 11.5. The van der Waals surface area contributed by atoms with Crippen LogP contribution in [-0.2, 0) is 10.8 Å². The van der Waals surface area contributed by atoms with Crippen molar-refractivity contribution in [2.75, 3.05) is 4.90 Å². The number of benzene rings is 10. The summed E-state index contributed by atoms with van der Waals surface area (Å²) in [7, 11) is 0. The summed E-state index contributed by atoms with van der Waals surface area (Å²) in [5.41, 5.74) is 19.6. The zero-order valence-corrected chi connectivity index (χ0v) is 35.7. The van der Waals surface area contributed by atoms with E-state index in [0.717, 1.165) is 44.4 Å². The van der Waals surface area contributed by atoms with Gasteiger partial charge in [0, 0.05) is 27.4 Å². The molecule has 0 radical (unpaired) electrons. The van der Waals surface area contributed by atoms with Crippen LogP contribution >= 0.6 is 0 Å². The maximum atomic E-state index is 6.52. The Morgan fingerprint density at radius 1 is 0.375 bits per heavy atom. The van der Waals surface area contributed by atoms with E-state index in [1.165, 1.54) is 72.1 Å². The molecule has 0 atom stereocenters. The normalized spacial score (nSPS) is 14.0. The molecule has 2 heteroatoms. The third-order valence-electron chi connectivity index (χ3n) is 14.3. The minimum atomic E-state index is -0.540. The van der Waals surface area contributed by atoms with Crippen molar-refractivity contribution >= 4 is 49.8 Å². The molecule has 64 heavy (non-hydrogen) atoms. The smallest absolute Gasteiger partial charge is 0.136 e. The van der Waals surface area contributed by atoms with Gasteiger partial charge in [0.2, 0.25) is 0 Å². The van der Waals surface area contributed by atoms with Crippen LogP contribution < -0.4 is 4.90 Å². The average Bonchev–Trinajstić information content (AvgIpc) is 3.94. The lowest BCUT2D eigenvalue weighted by Gasteiger charge is -2.36. The summed E-state index contributed by atoms with van der Waals surface area (Å²) in [4.78, 5) is 2.55. The summed E-state index contributed by atoms with van der Waals surface area (Å²) in [5.74, 6) is 0. The highest BCUT2D eigenvalue weighted by Gasteiger charge is 2.47. The minimum absolute atomic E-state index is 0.252. The standard InChI is InChI=1S/C62H43NO/c1-61(2)53-28-14-11-26-48(53)50-27-17-31-57(60(50)61)63(56-30-16-13-24-46(56)42-32-35-58-51(37-42)52-36-40-18-9-10-19-41(40)38-59(52)64-58)45-33-34-49-47-25-12-15-29-54(47)62(55(49)39-45,43-20-5-3-6-21-43)44-22-7-4-8-23-44/h3-39H,1-2H3. The summed E-state index contributed by atoms with van der Waals surface area (Å²) in [6, 6.07) is 83.0. The van der Waals surface area contributed by atoms with Crippen LogP contribution in [0.25, 0.3) is 66.1 Å². The number of fused-ring (bicyclic) bond motifs is 10. The number of anilines is 3. The molecule has 0 aliphatic heterocycles. The molecule has 10 aromatic carbocycles. The second-order valence-corrected chi connectivity index (χ2v) is 18.0. The lowest BCUT2D eigenvalue weighted by Crippen LogP contribution is -2.29. The number of hydrogen-bond donors (Lipinski definition) is 0. The van der Waals surface area contributed by atoms with Gasteiger partial charge in [-0.3, -0.25) is 0 Å². The Balaban J connectivity index is 1.09. The van der Waals surface area contributed by atoms with Crippen LogP contribution in [0.4, 0.5) is 17.1 Å². The van der Waals surface area contributed by atoms with Crippen LogP contribution in [0.3, 0.4) is 0 Å². The fraction of sp³-hybridized carbons (Fsp3) is 0.0645. The van der Waals surface area contributed by atoms with Gasteiger partial charge in [-0.25, -0.2) is 0 Å². The van der Waals surface area contributed by atoms with E-state index in [1.54, 1.807) is 0 Å². The van der Waals surface area contributed by atoms with Gasteiger partial charge in [0.25, 0.3) is 0 Å². The first-order valence-corrected chi connectivity index (χ1v) is 22.3. The van der Waals surface area contributed by atoms with Gasteiger partial charge in [-0.1, -0.05) is 190 Å². The molecule has 0 fully saturated rings. The van der Waals surface area contributed by atoms with Crippen molar-refractivity contribution in [3.63, 3.8) is 0 Å².